The van der Waals surface area contributed by atoms with Crippen LogP contribution >= 0.6 is 11.3 Å². The summed E-state index contributed by atoms with van der Waals surface area (Å²) in [4.78, 5) is 0. The Morgan fingerprint density at radius 1 is 1.25 bits per heavy atom. The fourth-order valence-corrected chi connectivity index (χ4v) is 3.74. The fraction of sp³-hybridized carbons (Fsp3) is 0.714. The van der Waals surface area contributed by atoms with Crippen molar-refractivity contribution in [1.29, 1.82) is 0 Å². The number of thiophene rings is 1. The Labute approximate surface area is 103 Å². The predicted molar refractivity (Wildman–Crippen MR) is 71.9 cm³/mol. The maximum Gasteiger partial charge on any atom is 0.0219 e. The van der Waals surface area contributed by atoms with Crippen molar-refractivity contribution in [3.05, 3.63) is 21.9 Å². The highest BCUT2D eigenvalue weighted by atomic mass is 32.1. The molecule has 2 heteroatoms. The molecule has 2 unspecified atom stereocenters. The van der Waals surface area contributed by atoms with E-state index in [1.54, 1.807) is 0 Å². The molecule has 1 aromatic rings. The zero-order valence-electron chi connectivity index (χ0n) is 10.6. The molecule has 16 heavy (non-hydrogen) atoms. The standard InChI is InChI=1S/C14H23NS/c1-10-5-4-6-11(2)14(10)15-7-13-9-16-8-12(13)3/h8-11,14-15H,4-7H2,1-3H3. The maximum atomic E-state index is 3.77. The van der Waals surface area contributed by atoms with Crippen molar-refractivity contribution in [1.82, 2.24) is 5.32 Å². The molecule has 2 atom stereocenters. The zero-order chi connectivity index (χ0) is 11.5. The van der Waals surface area contributed by atoms with Gasteiger partial charge in [0.05, 0.1) is 0 Å². The van der Waals surface area contributed by atoms with Crippen LogP contribution in [0.15, 0.2) is 10.8 Å². The number of rotatable bonds is 3. The molecule has 2 rings (SSSR count). The normalized spacial score (nSPS) is 30.6. The van der Waals surface area contributed by atoms with Gasteiger partial charge in [-0.3, -0.25) is 0 Å². The number of aryl methyl sites for hydroxylation is 1. The van der Waals surface area contributed by atoms with Crippen LogP contribution in [0, 0.1) is 18.8 Å². The monoisotopic (exact) mass is 237 g/mol. The molecule has 0 radical (unpaired) electrons. The number of nitrogens with one attached hydrogen (secondary N) is 1. The van der Waals surface area contributed by atoms with Gasteiger partial charge in [-0.05, 0) is 53.5 Å². The second-order valence-electron chi connectivity index (χ2n) is 5.37. The highest BCUT2D eigenvalue weighted by Crippen LogP contribution is 2.29. The van der Waals surface area contributed by atoms with E-state index in [-0.39, 0.29) is 0 Å². The molecule has 90 valence electrons. The van der Waals surface area contributed by atoms with Gasteiger partial charge in [0, 0.05) is 12.6 Å². The minimum Gasteiger partial charge on any atom is -0.309 e. The van der Waals surface area contributed by atoms with E-state index < -0.39 is 0 Å². The van der Waals surface area contributed by atoms with Crippen LogP contribution < -0.4 is 5.32 Å². The van der Waals surface area contributed by atoms with Gasteiger partial charge in [-0.15, -0.1) is 0 Å². The molecular weight excluding hydrogens is 214 g/mol. The van der Waals surface area contributed by atoms with Crippen LogP contribution in [0.1, 0.15) is 44.2 Å². The molecule has 0 spiro atoms. The summed E-state index contributed by atoms with van der Waals surface area (Å²) in [6, 6.07) is 0.716. The van der Waals surface area contributed by atoms with Gasteiger partial charge in [0.2, 0.25) is 0 Å². The van der Waals surface area contributed by atoms with E-state index in [1.165, 1.54) is 30.4 Å². The highest BCUT2D eigenvalue weighted by Gasteiger charge is 2.26. The first-order valence-electron chi connectivity index (χ1n) is 6.43. The van der Waals surface area contributed by atoms with Crippen LogP contribution in [0.2, 0.25) is 0 Å². The lowest BCUT2D eigenvalue weighted by Gasteiger charge is -2.35. The molecule has 1 saturated carbocycles. The maximum absolute atomic E-state index is 3.77. The van der Waals surface area contributed by atoms with E-state index in [1.807, 2.05) is 11.3 Å². The summed E-state index contributed by atoms with van der Waals surface area (Å²) in [5.74, 6) is 1.67. The summed E-state index contributed by atoms with van der Waals surface area (Å²) in [5, 5.41) is 8.29. The molecule has 0 saturated heterocycles. The third-order valence-corrected chi connectivity index (χ3v) is 4.95. The van der Waals surface area contributed by atoms with Gasteiger partial charge in [0.1, 0.15) is 0 Å². The first-order chi connectivity index (χ1) is 7.68. The number of hydrogen-bond acceptors (Lipinski definition) is 2. The molecule has 1 nitrogen and oxygen atoms in total. The van der Waals surface area contributed by atoms with E-state index >= 15 is 0 Å². The summed E-state index contributed by atoms with van der Waals surface area (Å²) in [5.41, 5.74) is 2.92. The van der Waals surface area contributed by atoms with Gasteiger partial charge in [-0.1, -0.05) is 20.3 Å². The van der Waals surface area contributed by atoms with Gasteiger partial charge in [0.15, 0.2) is 0 Å². The Bertz CT molecular complexity index is 321. The van der Waals surface area contributed by atoms with Gasteiger partial charge in [-0.2, -0.15) is 11.3 Å². The Kier molecular flexibility index (Phi) is 4.04. The zero-order valence-corrected chi connectivity index (χ0v) is 11.4. The van der Waals surface area contributed by atoms with Crippen molar-refractivity contribution in [3.8, 4) is 0 Å². The van der Waals surface area contributed by atoms with Crippen LogP contribution in [-0.4, -0.2) is 6.04 Å². The van der Waals surface area contributed by atoms with Crippen molar-refractivity contribution in [2.75, 3.05) is 0 Å². The lowest BCUT2D eigenvalue weighted by molar-refractivity contribution is 0.207. The molecule has 0 bridgehead atoms. The Morgan fingerprint density at radius 3 is 2.50 bits per heavy atom. The van der Waals surface area contributed by atoms with Crippen molar-refractivity contribution < 1.29 is 0 Å². The molecule has 1 aromatic heterocycles. The molecule has 0 aromatic carbocycles. The minimum atomic E-state index is 0.716. The van der Waals surface area contributed by atoms with Crippen LogP contribution in [0.3, 0.4) is 0 Å². The van der Waals surface area contributed by atoms with E-state index in [4.69, 9.17) is 0 Å². The number of hydrogen-bond donors (Lipinski definition) is 1. The Morgan fingerprint density at radius 2 is 1.94 bits per heavy atom. The van der Waals surface area contributed by atoms with Crippen LogP contribution in [0.5, 0.6) is 0 Å². The van der Waals surface area contributed by atoms with E-state index in [2.05, 4.69) is 36.8 Å². The Hall–Kier alpha value is -0.340. The first kappa shape index (κ1) is 12.1. The summed E-state index contributed by atoms with van der Waals surface area (Å²) in [6.07, 6.45) is 4.20. The summed E-state index contributed by atoms with van der Waals surface area (Å²) < 4.78 is 0. The third kappa shape index (κ3) is 2.67. The minimum absolute atomic E-state index is 0.716. The summed E-state index contributed by atoms with van der Waals surface area (Å²) in [6.45, 7) is 8.05. The SMILES string of the molecule is Cc1cscc1CNC1C(C)CCCC1C. The summed E-state index contributed by atoms with van der Waals surface area (Å²) in [7, 11) is 0. The molecule has 0 aliphatic heterocycles. The molecule has 1 fully saturated rings. The van der Waals surface area contributed by atoms with Gasteiger partial charge in [0.25, 0.3) is 0 Å². The molecular formula is C14H23NS. The van der Waals surface area contributed by atoms with Crippen LogP contribution in [0.25, 0.3) is 0 Å². The second kappa shape index (κ2) is 5.33. The lowest BCUT2D eigenvalue weighted by Crippen LogP contribution is -2.42. The summed E-state index contributed by atoms with van der Waals surface area (Å²) >= 11 is 1.81. The van der Waals surface area contributed by atoms with Gasteiger partial charge >= 0.3 is 0 Å². The van der Waals surface area contributed by atoms with Crippen molar-refractivity contribution >= 4 is 11.3 Å². The first-order valence-corrected chi connectivity index (χ1v) is 7.38. The van der Waals surface area contributed by atoms with Crippen LogP contribution in [-0.2, 0) is 6.54 Å². The van der Waals surface area contributed by atoms with Crippen molar-refractivity contribution in [3.63, 3.8) is 0 Å². The topological polar surface area (TPSA) is 12.0 Å². The van der Waals surface area contributed by atoms with E-state index in [9.17, 15) is 0 Å². The molecule has 1 heterocycles. The second-order valence-corrected chi connectivity index (χ2v) is 6.12. The quantitative estimate of drug-likeness (QED) is 0.838. The van der Waals surface area contributed by atoms with Crippen LogP contribution in [0.4, 0.5) is 0 Å². The lowest BCUT2D eigenvalue weighted by atomic mass is 9.78. The Balaban J connectivity index is 1.91. The molecule has 0 amide bonds. The predicted octanol–water partition coefficient (Wildman–Crippen LogP) is 3.97. The van der Waals surface area contributed by atoms with Gasteiger partial charge in [-0.25, -0.2) is 0 Å². The van der Waals surface area contributed by atoms with Crippen molar-refractivity contribution in [2.45, 2.75) is 52.6 Å². The van der Waals surface area contributed by atoms with Gasteiger partial charge < -0.3 is 5.32 Å². The molecule has 1 aliphatic rings. The largest absolute Gasteiger partial charge is 0.309 e. The molecule has 1 aliphatic carbocycles. The smallest absolute Gasteiger partial charge is 0.0219 e. The third-order valence-electron chi connectivity index (χ3n) is 4.03. The molecule has 1 N–H and O–H groups in total. The highest BCUT2D eigenvalue weighted by molar-refractivity contribution is 7.08. The van der Waals surface area contributed by atoms with E-state index in [0.29, 0.717) is 6.04 Å². The fourth-order valence-electron chi connectivity index (χ4n) is 2.88. The van der Waals surface area contributed by atoms with Crippen molar-refractivity contribution in [2.24, 2.45) is 11.8 Å². The average molecular weight is 237 g/mol. The average Bonchev–Trinajstić information content (AvgIpc) is 2.64. The van der Waals surface area contributed by atoms with E-state index in [0.717, 1.165) is 18.4 Å².